The molecule has 0 aliphatic carbocycles. The van der Waals surface area contributed by atoms with Crippen LogP contribution in [0.25, 0.3) is 10.8 Å². The van der Waals surface area contributed by atoms with E-state index in [0.717, 1.165) is 34.7 Å². The number of hydrogen-bond acceptors (Lipinski definition) is 5. The predicted octanol–water partition coefficient (Wildman–Crippen LogP) is 4.04. The summed E-state index contributed by atoms with van der Waals surface area (Å²) in [5.74, 6) is 0.763. The fraction of sp³-hybridized carbons (Fsp3) is 0.320. The fourth-order valence-corrected chi connectivity index (χ4v) is 4.42. The maximum absolute atomic E-state index is 12.4. The molecule has 0 amide bonds. The van der Waals surface area contributed by atoms with E-state index in [4.69, 9.17) is 0 Å². The van der Waals surface area contributed by atoms with Gasteiger partial charge >= 0.3 is 0 Å². The molecule has 1 aliphatic heterocycles. The van der Waals surface area contributed by atoms with Crippen LogP contribution < -0.4 is 10.9 Å². The zero-order chi connectivity index (χ0) is 22.8. The summed E-state index contributed by atoms with van der Waals surface area (Å²) >= 11 is 0. The van der Waals surface area contributed by atoms with Gasteiger partial charge in [-0.15, -0.1) is 0 Å². The van der Waals surface area contributed by atoms with Crippen molar-refractivity contribution >= 4 is 16.5 Å². The molecule has 0 saturated carbocycles. The Morgan fingerprint density at radius 2 is 1.84 bits per heavy atom. The summed E-state index contributed by atoms with van der Waals surface area (Å²) in [5, 5.41) is 12.4. The molecule has 2 aromatic heterocycles. The summed E-state index contributed by atoms with van der Waals surface area (Å²) in [6.45, 7) is 4.89. The van der Waals surface area contributed by atoms with Crippen LogP contribution in [0.3, 0.4) is 0 Å². The number of imidazole rings is 1. The second-order valence-corrected chi connectivity index (χ2v) is 8.14. The van der Waals surface area contributed by atoms with Crippen LogP contribution in [0, 0.1) is 0 Å². The molecule has 4 aromatic rings. The first-order valence-electron chi connectivity index (χ1n) is 11.0. The number of benzene rings is 2. The summed E-state index contributed by atoms with van der Waals surface area (Å²) in [6, 6.07) is 14.4. The topological polar surface area (TPSA) is 78.8 Å². The highest BCUT2D eigenvalue weighted by Crippen LogP contribution is 2.45. The Morgan fingerprint density at radius 1 is 1.09 bits per heavy atom. The molecule has 2 aromatic carbocycles. The zero-order valence-electron chi connectivity index (χ0n) is 19.3. The van der Waals surface area contributed by atoms with Gasteiger partial charge in [-0.1, -0.05) is 44.2 Å². The average molecular weight is 431 g/mol. The number of nitrogens with zero attached hydrogens (tertiary/aromatic N) is 4. The Bertz CT molecular complexity index is 1270. The van der Waals surface area contributed by atoms with Crippen LogP contribution in [0.4, 0.5) is 5.69 Å². The lowest BCUT2D eigenvalue weighted by atomic mass is 9.83. The Labute approximate surface area is 188 Å². The van der Waals surface area contributed by atoms with Crippen LogP contribution in [-0.2, 0) is 13.6 Å². The summed E-state index contributed by atoms with van der Waals surface area (Å²) in [6.07, 6.45) is 3.74. The van der Waals surface area contributed by atoms with Crippen molar-refractivity contribution in [3.63, 3.8) is 0 Å². The van der Waals surface area contributed by atoms with Gasteiger partial charge in [0.1, 0.15) is 5.82 Å². The van der Waals surface area contributed by atoms with Gasteiger partial charge < -0.3 is 14.8 Å². The van der Waals surface area contributed by atoms with Crippen molar-refractivity contribution in [2.24, 2.45) is 7.05 Å². The van der Waals surface area contributed by atoms with E-state index < -0.39 is 0 Å². The smallest absolute Gasteiger partial charge is 0.272 e. The highest BCUT2D eigenvalue weighted by Gasteiger charge is 2.36. The van der Waals surface area contributed by atoms with Gasteiger partial charge in [0, 0.05) is 37.1 Å². The van der Waals surface area contributed by atoms with Crippen LogP contribution in [-0.4, -0.2) is 38.7 Å². The van der Waals surface area contributed by atoms with Crippen molar-refractivity contribution in [2.45, 2.75) is 32.4 Å². The number of rotatable bonds is 4. The lowest BCUT2D eigenvalue weighted by Gasteiger charge is -2.34. The average Bonchev–Trinajstić information content (AvgIpc) is 3.22. The fourth-order valence-electron chi connectivity index (χ4n) is 4.42. The molecule has 7 nitrogen and oxygen atoms in total. The number of hydrogen-bond donors (Lipinski definition) is 2. The zero-order valence-corrected chi connectivity index (χ0v) is 19.3. The minimum absolute atomic E-state index is 0.0593. The van der Waals surface area contributed by atoms with E-state index in [0.29, 0.717) is 5.39 Å². The molecule has 1 aliphatic rings. The molecule has 32 heavy (non-hydrogen) atoms. The Hall–Kier alpha value is -3.45. The van der Waals surface area contributed by atoms with Crippen LogP contribution in [0.1, 0.15) is 48.5 Å². The van der Waals surface area contributed by atoms with Crippen LogP contribution in [0.2, 0.25) is 0 Å². The van der Waals surface area contributed by atoms with Crippen molar-refractivity contribution in [1.82, 2.24) is 24.6 Å². The Kier molecular flexibility index (Phi) is 6.10. The number of nitrogens with one attached hydrogen (secondary N) is 2. The van der Waals surface area contributed by atoms with Crippen molar-refractivity contribution in [1.29, 1.82) is 0 Å². The van der Waals surface area contributed by atoms with Crippen LogP contribution in [0.15, 0.2) is 59.7 Å². The Balaban J connectivity index is 0.00000119. The molecule has 7 heteroatoms. The van der Waals surface area contributed by atoms with E-state index in [9.17, 15) is 4.79 Å². The van der Waals surface area contributed by atoms with Gasteiger partial charge in [-0.3, -0.25) is 4.79 Å². The largest absolute Gasteiger partial charge is 0.377 e. The quantitative estimate of drug-likeness (QED) is 0.511. The van der Waals surface area contributed by atoms with E-state index in [1.54, 1.807) is 6.20 Å². The van der Waals surface area contributed by atoms with Crippen molar-refractivity contribution in [3.8, 4) is 0 Å². The predicted molar refractivity (Wildman–Crippen MR) is 129 cm³/mol. The molecule has 2 N–H and O–H groups in total. The third-order valence-corrected chi connectivity index (χ3v) is 5.76. The molecule has 0 spiro atoms. The van der Waals surface area contributed by atoms with E-state index in [1.165, 1.54) is 5.56 Å². The number of aromatic amines is 1. The third kappa shape index (κ3) is 3.80. The van der Waals surface area contributed by atoms with E-state index >= 15 is 0 Å². The van der Waals surface area contributed by atoms with Gasteiger partial charge in [0.05, 0.1) is 23.0 Å². The van der Waals surface area contributed by atoms with Crippen molar-refractivity contribution < 1.29 is 0 Å². The summed E-state index contributed by atoms with van der Waals surface area (Å²) < 4.78 is 2.02. The third-order valence-electron chi connectivity index (χ3n) is 5.76. The van der Waals surface area contributed by atoms with E-state index in [2.05, 4.69) is 63.8 Å². The van der Waals surface area contributed by atoms with Crippen molar-refractivity contribution in [3.05, 3.63) is 87.9 Å². The van der Waals surface area contributed by atoms with Crippen LogP contribution >= 0.6 is 0 Å². The second kappa shape index (κ2) is 8.96. The molecule has 5 rings (SSSR count). The van der Waals surface area contributed by atoms with Gasteiger partial charge in [0.2, 0.25) is 0 Å². The molecule has 2 unspecified atom stereocenters. The molecule has 2 atom stereocenters. The molecule has 0 fully saturated rings. The number of aryl methyl sites for hydroxylation is 1. The highest BCUT2D eigenvalue weighted by atomic mass is 16.1. The monoisotopic (exact) mass is 430 g/mol. The number of H-pyrrole nitrogens is 1. The maximum Gasteiger partial charge on any atom is 0.272 e. The van der Waals surface area contributed by atoms with Crippen molar-refractivity contribution in [2.75, 3.05) is 19.4 Å². The summed E-state index contributed by atoms with van der Waals surface area (Å²) in [7, 11) is 6.12. The van der Waals surface area contributed by atoms with Gasteiger partial charge in [-0.05, 0) is 37.4 Å². The SMILES string of the molecule is CC.CN(C)Cc1ccc(C2Nc3cccc4c(=O)[nH]nc(c34)C2c2nccn2C)cc1. The second-order valence-electron chi connectivity index (χ2n) is 8.14. The molecule has 3 heterocycles. The van der Waals surface area contributed by atoms with Crippen LogP contribution in [0.5, 0.6) is 0 Å². The van der Waals surface area contributed by atoms with Gasteiger partial charge in [0.25, 0.3) is 5.56 Å². The molecule has 0 radical (unpaired) electrons. The van der Waals surface area contributed by atoms with Gasteiger partial charge in [0.15, 0.2) is 0 Å². The molecular formula is C25H30N6O. The summed E-state index contributed by atoms with van der Waals surface area (Å²) in [4.78, 5) is 19.2. The van der Waals surface area contributed by atoms with E-state index in [-0.39, 0.29) is 17.5 Å². The first kappa shape index (κ1) is 21.8. The minimum atomic E-state index is -0.178. The first-order chi connectivity index (χ1) is 15.5. The minimum Gasteiger partial charge on any atom is -0.377 e. The number of anilines is 1. The summed E-state index contributed by atoms with van der Waals surface area (Å²) in [5.41, 5.74) is 4.01. The standard InChI is InChI=1S/C23H24N6O.C2H6/c1-28(2)13-14-7-9-15(10-8-14)20-19(22-24-11-12-29(22)3)21-18-16(23(30)27-26-21)5-4-6-17(18)25-20;1-2/h4-12,19-20,25H,13H2,1-3H3,(H,27,30);1-2H3. The maximum atomic E-state index is 12.4. The van der Waals surface area contributed by atoms with Gasteiger partial charge in [-0.2, -0.15) is 5.10 Å². The molecular weight excluding hydrogens is 400 g/mol. The number of aromatic nitrogens is 4. The normalized spacial score (nSPS) is 17.1. The molecule has 166 valence electrons. The lowest BCUT2D eigenvalue weighted by molar-refractivity contribution is 0.402. The lowest BCUT2D eigenvalue weighted by Crippen LogP contribution is -2.29. The van der Waals surface area contributed by atoms with Gasteiger partial charge in [-0.25, -0.2) is 10.1 Å². The molecule has 0 bridgehead atoms. The first-order valence-corrected chi connectivity index (χ1v) is 11.0. The van der Waals surface area contributed by atoms with E-state index in [1.807, 2.05) is 49.9 Å². The highest BCUT2D eigenvalue weighted by molar-refractivity contribution is 5.97. The molecule has 0 saturated heterocycles. The Morgan fingerprint density at radius 3 is 2.50 bits per heavy atom.